The molecule has 1 amide bonds. The van der Waals surface area contributed by atoms with Crippen molar-refractivity contribution in [2.75, 3.05) is 12.3 Å². The van der Waals surface area contributed by atoms with Gasteiger partial charge in [0.25, 0.3) is 5.91 Å². The van der Waals surface area contributed by atoms with Crippen LogP contribution >= 0.6 is 0 Å². The van der Waals surface area contributed by atoms with Crippen molar-refractivity contribution in [3.05, 3.63) is 65.4 Å². The van der Waals surface area contributed by atoms with Gasteiger partial charge in [-0.2, -0.15) is 9.78 Å². The Morgan fingerprint density at radius 3 is 2.74 bits per heavy atom. The third kappa shape index (κ3) is 4.72. The Hall–Kier alpha value is -4.68. The summed E-state index contributed by atoms with van der Waals surface area (Å²) in [6.45, 7) is 2.54. The third-order valence-corrected chi connectivity index (χ3v) is 4.51. The number of halogens is 2. The maximum absolute atomic E-state index is 13.8. The molecule has 11 nitrogen and oxygen atoms in total. The molecule has 0 unspecified atom stereocenters. The molecule has 4 rings (SSSR count). The van der Waals surface area contributed by atoms with Crippen LogP contribution in [-0.2, 0) is 0 Å². The standard InChI is InChI=1S/C21H18F2N8O3/c1-2-9-33-15-6-3-12(4-7-15)18-17(26-30-31(18)20-19(24)28-34-29-20)21(32)27-25-11-13-10-14(22)5-8-16(13)23/h3-8,10-11H,2,9H2,1H3,(H2,24,28)(H,27,32)/b25-11+. The molecule has 2 aromatic carbocycles. The Morgan fingerprint density at radius 1 is 1.24 bits per heavy atom. The number of rotatable bonds is 8. The second-order valence-electron chi connectivity index (χ2n) is 6.91. The molecule has 13 heteroatoms. The SMILES string of the molecule is CCCOc1ccc(-c2c(C(=O)N/N=C/c3cc(F)ccc3F)nnn2-c2nonc2N)cc1. The number of hydrogen-bond acceptors (Lipinski definition) is 9. The zero-order valence-corrected chi connectivity index (χ0v) is 17.8. The minimum Gasteiger partial charge on any atom is -0.494 e. The Morgan fingerprint density at radius 2 is 2.03 bits per heavy atom. The fourth-order valence-electron chi connectivity index (χ4n) is 2.94. The van der Waals surface area contributed by atoms with Gasteiger partial charge in [-0.1, -0.05) is 12.1 Å². The van der Waals surface area contributed by atoms with Gasteiger partial charge in [0.2, 0.25) is 11.6 Å². The lowest BCUT2D eigenvalue weighted by molar-refractivity contribution is 0.0950. The van der Waals surface area contributed by atoms with Gasteiger partial charge in [0.1, 0.15) is 23.1 Å². The fourth-order valence-corrected chi connectivity index (χ4v) is 2.94. The number of hydrazone groups is 1. The third-order valence-electron chi connectivity index (χ3n) is 4.51. The summed E-state index contributed by atoms with van der Waals surface area (Å²) in [5.41, 5.74) is 8.48. The molecule has 174 valence electrons. The van der Waals surface area contributed by atoms with Gasteiger partial charge in [-0.25, -0.2) is 18.8 Å². The van der Waals surface area contributed by atoms with Gasteiger partial charge in [-0.3, -0.25) is 4.79 Å². The molecule has 0 fully saturated rings. The lowest BCUT2D eigenvalue weighted by Crippen LogP contribution is -2.19. The van der Waals surface area contributed by atoms with E-state index in [0.29, 0.717) is 17.9 Å². The Bertz CT molecular complexity index is 1330. The molecular formula is C21H18F2N8O3. The number of nitrogen functional groups attached to an aromatic ring is 1. The number of benzene rings is 2. The molecular weight excluding hydrogens is 450 g/mol. The average Bonchev–Trinajstić information content (AvgIpc) is 3.46. The Labute approximate surface area is 191 Å². The number of amides is 1. The van der Waals surface area contributed by atoms with Crippen LogP contribution in [0.2, 0.25) is 0 Å². The van der Waals surface area contributed by atoms with Crippen LogP contribution in [0.4, 0.5) is 14.6 Å². The lowest BCUT2D eigenvalue weighted by atomic mass is 10.1. The number of nitrogens with one attached hydrogen (secondary N) is 1. The molecule has 0 bridgehead atoms. The van der Waals surface area contributed by atoms with Crippen LogP contribution in [0.3, 0.4) is 0 Å². The molecule has 2 heterocycles. The smallest absolute Gasteiger partial charge is 0.294 e. The molecule has 4 aromatic rings. The predicted molar refractivity (Wildman–Crippen MR) is 116 cm³/mol. The molecule has 3 N–H and O–H groups in total. The highest BCUT2D eigenvalue weighted by Crippen LogP contribution is 2.28. The van der Waals surface area contributed by atoms with E-state index in [0.717, 1.165) is 30.8 Å². The van der Waals surface area contributed by atoms with Crippen molar-refractivity contribution in [1.82, 2.24) is 30.7 Å². The first-order chi connectivity index (χ1) is 16.5. The van der Waals surface area contributed by atoms with Crippen LogP contribution in [0.15, 0.2) is 52.2 Å². The summed E-state index contributed by atoms with van der Waals surface area (Å²) in [5, 5.41) is 18.8. The van der Waals surface area contributed by atoms with Crippen LogP contribution in [0.25, 0.3) is 17.1 Å². The zero-order valence-electron chi connectivity index (χ0n) is 17.8. The minimum atomic E-state index is -0.768. The first-order valence-corrected chi connectivity index (χ1v) is 10.0. The van der Waals surface area contributed by atoms with Crippen molar-refractivity contribution in [1.29, 1.82) is 0 Å². The number of ether oxygens (including phenoxy) is 1. The Kier molecular flexibility index (Phi) is 6.52. The highest BCUT2D eigenvalue weighted by atomic mass is 19.1. The van der Waals surface area contributed by atoms with Crippen molar-refractivity contribution in [2.24, 2.45) is 5.10 Å². The second-order valence-corrected chi connectivity index (χ2v) is 6.91. The second kappa shape index (κ2) is 9.85. The van der Waals surface area contributed by atoms with Gasteiger partial charge in [-0.15, -0.1) is 5.10 Å². The molecule has 0 aliphatic carbocycles. The maximum atomic E-state index is 13.8. The molecule has 0 aliphatic rings. The molecule has 0 aliphatic heterocycles. The summed E-state index contributed by atoms with van der Waals surface area (Å²) in [6, 6.07) is 9.71. The summed E-state index contributed by atoms with van der Waals surface area (Å²) in [6.07, 6.45) is 1.82. The van der Waals surface area contributed by atoms with Crippen LogP contribution in [-0.4, -0.2) is 44.0 Å². The topological polar surface area (TPSA) is 146 Å². The lowest BCUT2D eigenvalue weighted by Gasteiger charge is -2.08. The number of carbonyl (C=O) groups is 1. The Balaban J connectivity index is 1.66. The summed E-state index contributed by atoms with van der Waals surface area (Å²) in [5.74, 6) is -1.52. The van der Waals surface area contributed by atoms with Crippen molar-refractivity contribution in [3.8, 4) is 22.8 Å². The molecule has 0 saturated carbocycles. The van der Waals surface area contributed by atoms with Gasteiger partial charge in [0.15, 0.2) is 5.69 Å². The number of nitrogens with two attached hydrogens (primary N) is 1. The summed E-state index contributed by atoms with van der Waals surface area (Å²) < 4.78 is 38.5. The number of aromatic nitrogens is 5. The van der Waals surface area contributed by atoms with Crippen molar-refractivity contribution in [2.45, 2.75) is 13.3 Å². The normalized spacial score (nSPS) is 11.1. The summed E-state index contributed by atoms with van der Waals surface area (Å²) >= 11 is 0. The van der Waals surface area contributed by atoms with Crippen molar-refractivity contribution in [3.63, 3.8) is 0 Å². The van der Waals surface area contributed by atoms with E-state index in [9.17, 15) is 13.6 Å². The molecule has 2 aromatic heterocycles. The first-order valence-electron chi connectivity index (χ1n) is 10.0. The predicted octanol–water partition coefficient (Wildman–Crippen LogP) is 2.73. The number of nitrogens with zero attached hydrogens (tertiary/aromatic N) is 6. The van der Waals surface area contributed by atoms with E-state index in [4.69, 9.17) is 10.5 Å². The highest BCUT2D eigenvalue weighted by molar-refractivity contribution is 5.98. The van der Waals surface area contributed by atoms with Crippen LogP contribution < -0.4 is 15.9 Å². The van der Waals surface area contributed by atoms with E-state index < -0.39 is 17.5 Å². The van der Waals surface area contributed by atoms with E-state index in [-0.39, 0.29) is 28.6 Å². The van der Waals surface area contributed by atoms with Crippen LogP contribution in [0.5, 0.6) is 5.75 Å². The number of carbonyl (C=O) groups excluding carboxylic acids is 1. The number of anilines is 1. The average molecular weight is 468 g/mol. The largest absolute Gasteiger partial charge is 0.494 e. The molecule has 0 atom stereocenters. The van der Waals surface area contributed by atoms with Gasteiger partial charge in [0, 0.05) is 11.1 Å². The maximum Gasteiger partial charge on any atom is 0.294 e. The number of hydrogen-bond donors (Lipinski definition) is 2. The van der Waals surface area contributed by atoms with E-state index in [1.807, 2.05) is 6.92 Å². The monoisotopic (exact) mass is 468 g/mol. The molecule has 0 saturated heterocycles. The van der Waals surface area contributed by atoms with E-state index in [1.165, 1.54) is 4.68 Å². The molecule has 0 radical (unpaired) electrons. The zero-order chi connectivity index (χ0) is 24.1. The minimum absolute atomic E-state index is 0.0261. The quantitative estimate of drug-likeness (QED) is 0.296. The fraction of sp³-hybridized carbons (Fsp3) is 0.143. The van der Waals surface area contributed by atoms with E-state index >= 15 is 0 Å². The van der Waals surface area contributed by atoms with E-state index in [1.54, 1.807) is 24.3 Å². The van der Waals surface area contributed by atoms with Crippen LogP contribution in [0.1, 0.15) is 29.4 Å². The van der Waals surface area contributed by atoms with Crippen molar-refractivity contribution < 1.29 is 22.9 Å². The van der Waals surface area contributed by atoms with E-state index in [2.05, 4.69) is 35.8 Å². The van der Waals surface area contributed by atoms with Crippen LogP contribution in [0, 0.1) is 11.6 Å². The summed E-state index contributed by atoms with van der Waals surface area (Å²) in [4.78, 5) is 12.8. The molecule has 0 spiro atoms. The van der Waals surface area contributed by atoms with Gasteiger partial charge < -0.3 is 10.5 Å². The first kappa shape index (κ1) is 22.5. The van der Waals surface area contributed by atoms with Crippen molar-refractivity contribution >= 4 is 17.9 Å². The van der Waals surface area contributed by atoms with Gasteiger partial charge in [0.05, 0.1) is 12.8 Å². The summed E-state index contributed by atoms with van der Waals surface area (Å²) in [7, 11) is 0. The van der Waals surface area contributed by atoms with Gasteiger partial charge in [-0.05, 0) is 59.2 Å². The van der Waals surface area contributed by atoms with Gasteiger partial charge >= 0.3 is 0 Å². The molecule has 34 heavy (non-hydrogen) atoms. The highest BCUT2D eigenvalue weighted by Gasteiger charge is 2.25.